The highest BCUT2D eigenvalue weighted by molar-refractivity contribution is 5.89. The average molecular weight is 748 g/mol. The Bertz CT molecular complexity index is 1370. The van der Waals surface area contributed by atoms with E-state index in [1.807, 2.05) is 0 Å². The van der Waals surface area contributed by atoms with Gasteiger partial charge in [0.05, 0.1) is 26.3 Å². The molecule has 1 saturated heterocycles. The van der Waals surface area contributed by atoms with Crippen LogP contribution in [0.4, 0.5) is 20.1 Å². The molecule has 1 aromatic carbocycles. The summed E-state index contributed by atoms with van der Waals surface area (Å²) in [6, 6.07) is 8.01. The van der Waals surface area contributed by atoms with Crippen LogP contribution in [-0.2, 0) is 42.7 Å². The second-order valence-corrected chi connectivity index (χ2v) is 11.8. The van der Waals surface area contributed by atoms with E-state index in [0.717, 1.165) is 6.92 Å². The minimum absolute atomic E-state index is 0.0887. The molecule has 1 fully saturated rings. The Morgan fingerprint density at radius 1 is 0.865 bits per heavy atom. The third kappa shape index (κ3) is 13.6. The van der Waals surface area contributed by atoms with Gasteiger partial charge in [0.25, 0.3) is 0 Å². The summed E-state index contributed by atoms with van der Waals surface area (Å²) in [6.45, 7) is -2.60. The van der Waals surface area contributed by atoms with Crippen molar-refractivity contribution in [1.82, 2.24) is 5.32 Å². The van der Waals surface area contributed by atoms with Crippen LogP contribution in [0.1, 0.15) is 13.8 Å². The zero-order valence-electron chi connectivity index (χ0n) is 28.4. The zero-order valence-corrected chi connectivity index (χ0v) is 28.4. The molecule has 0 radical (unpaired) electrons. The third-order valence-corrected chi connectivity index (χ3v) is 7.17. The molecular weight excluding hydrogens is 702 g/mol. The Kier molecular flexibility index (Phi) is 17.2. The van der Waals surface area contributed by atoms with Crippen molar-refractivity contribution in [3.05, 3.63) is 30.3 Å². The van der Waals surface area contributed by atoms with Crippen LogP contribution >= 0.6 is 0 Å². The highest BCUT2D eigenvalue weighted by Gasteiger charge is 2.48. The van der Waals surface area contributed by atoms with E-state index in [4.69, 9.17) is 49.7 Å². The summed E-state index contributed by atoms with van der Waals surface area (Å²) >= 11 is 0. The molecule has 0 aromatic heterocycles. The van der Waals surface area contributed by atoms with Crippen molar-refractivity contribution in [2.24, 2.45) is 27.3 Å². The molecule has 22 nitrogen and oxygen atoms in total. The number of hydrogen-bond donors (Lipinski definition) is 9. The number of benzene rings is 1. The number of nitrogens with one attached hydrogen (secondary N) is 2. The number of rotatable bonds is 19. The Labute approximate surface area is 296 Å². The number of ether oxygens (including phenoxy) is 7. The molecule has 292 valence electrons. The monoisotopic (exact) mass is 747 g/mol. The Hall–Kier alpha value is -5.00. The Balaban J connectivity index is 1.93. The van der Waals surface area contributed by atoms with E-state index in [9.17, 15) is 44.4 Å². The van der Waals surface area contributed by atoms with Crippen LogP contribution in [0.15, 0.2) is 35.3 Å². The lowest BCUT2D eigenvalue weighted by Crippen LogP contribution is -2.42. The fourth-order valence-electron chi connectivity index (χ4n) is 4.01. The molecule has 2 rings (SSSR count). The molecular formula is C30H45N5O17. The maximum atomic E-state index is 13.0. The minimum atomic E-state index is -1.95. The molecule has 7 atom stereocenters. The first-order valence-electron chi connectivity index (χ1n) is 15.6. The molecule has 0 spiro atoms. The molecule has 1 aromatic rings. The Morgan fingerprint density at radius 3 is 2.04 bits per heavy atom. The van der Waals surface area contributed by atoms with Gasteiger partial charge in [-0.1, -0.05) is 18.2 Å². The molecule has 3 unspecified atom stereocenters. The zero-order chi connectivity index (χ0) is 38.9. The number of aliphatic hydroxyl groups is 5. The second-order valence-electron chi connectivity index (χ2n) is 11.8. The van der Waals surface area contributed by atoms with Gasteiger partial charge in [-0.15, -0.1) is 0 Å². The fourth-order valence-corrected chi connectivity index (χ4v) is 4.01. The second kappa shape index (κ2) is 20.8. The molecule has 22 heteroatoms. The number of nitrogens with two attached hydrogens (primary N) is 2. The lowest BCUT2D eigenvalue weighted by Gasteiger charge is -2.27. The molecule has 2 amide bonds. The van der Waals surface area contributed by atoms with Crippen LogP contribution in [0.5, 0.6) is 0 Å². The summed E-state index contributed by atoms with van der Waals surface area (Å²) in [4.78, 5) is 66.1. The molecule has 0 aliphatic carbocycles. The summed E-state index contributed by atoms with van der Waals surface area (Å²) in [7, 11) is 0. The lowest BCUT2D eigenvalue weighted by atomic mass is 9.93. The van der Waals surface area contributed by atoms with Crippen LogP contribution in [0.3, 0.4) is 0 Å². The first kappa shape index (κ1) is 43.2. The fraction of sp³-hybridized carbons (Fsp3) is 0.600. The summed E-state index contributed by atoms with van der Waals surface area (Å²) < 4.78 is 35.0. The Morgan fingerprint density at radius 2 is 1.44 bits per heavy atom. The normalized spacial score (nSPS) is 20.8. The van der Waals surface area contributed by atoms with E-state index >= 15 is 0 Å². The molecule has 1 heterocycles. The first-order chi connectivity index (χ1) is 24.5. The van der Waals surface area contributed by atoms with Gasteiger partial charge >= 0.3 is 30.3 Å². The topological polar surface area (TPSA) is 340 Å². The van der Waals surface area contributed by atoms with Gasteiger partial charge in [0.15, 0.2) is 5.96 Å². The predicted octanol–water partition coefficient (Wildman–Crippen LogP) is -2.72. The van der Waals surface area contributed by atoms with Crippen LogP contribution < -0.4 is 22.1 Å². The van der Waals surface area contributed by atoms with Gasteiger partial charge in [-0.2, -0.15) is 0 Å². The largest absolute Gasteiger partial charge is 0.510 e. The van der Waals surface area contributed by atoms with Gasteiger partial charge in [0, 0.05) is 5.69 Å². The smallest absolute Gasteiger partial charge is 0.463 e. The lowest BCUT2D eigenvalue weighted by molar-refractivity contribution is -0.170. The number of anilines is 1. The van der Waals surface area contributed by atoms with Gasteiger partial charge in [0.1, 0.15) is 68.3 Å². The van der Waals surface area contributed by atoms with Crippen molar-refractivity contribution in [2.75, 3.05) is 64.7 Å². The minimum Gasteiger partial charge on any atom is -0.463 e. The number of hydrogen-bond acceptors (Lipinski definition) is 18. The highest BCUT2D eigenvalue weighted by Crippen LogP contribution is 2.26. The van der Waals surface area contributed by atoms with Gasteiger partial charge < -0.3 is 80.8 Å². The van der Waals surface area contributed by atoms with Crippen LogP contribution in [0.25, 0.3) is 0 Å². The van der Waals surface area contributed by atoms with Crippen molar-refractivity contribution in [2.45, 2.75) is 44.6 Å². The SMILES string of the molecule is CC(CO)(COC(=O)OCC(C)(COC(=O)OC1O[C@H]([C@H](O)CO)[C@H](O)[C@@H]1O)C(=O)OCCN=C(N)N)C(=O)OCCNC(=O)Nc1ccccc1. The van der Waals surface area contributed by atoms with Crippen molar-refractivity contribution in [1.29, 1.82) is 0 Å². The van der Waals surface area contributed by atoms with Crippen molar-refractivity contribution >= 4 is 41.9 Å². The summed E-state index contributed by atoms with van der Waals surface area (Å²) in [5, 5.41) is 53.8. The van der Waals surface area contributed by atoms with E-state index in [-0.39, 0.29) is 32.3 Å². The number of urea groups is 1. The van der Waals surface area contributed by atoms with Gasteiger partial charge in [-0.05, 0) is 26.0 Å². The molecule has 1 aliphatic heterocycles. The van der Waals surface area contributed by atoms with Crippen LogP contribution in [-0.4, -0.2) is 152 Å². The number of aliphatic imine (C=N–C) groups is 1. The number of nitrogens with zero attached hydrogens (tertiary/aromatic N) is 1. The number of para-hydroxylation sites is 1. The molecule has 1 aliphatic rings. The van der Waals surface area contributed by atoms with Gasteiger partial charge in [0.2, 0.25) is 6.29 Å². The number of esters is 2. The summed E-state index contributed by atoms with van der Waals surface area (Å²) in [6.07, 6.45) is -11.5. The van der Waals surface area contributed by atoms with E-state index < -0.39 is 105 Å². The quantitative estimate of drug-likeness (QED) is 0.0228. The van der Waals surface area contributed by atoms with Crippen molar-refractivity contribution in [3.63, 3.8) is 0 Å². The predicted molar refractivity (Wildman–Crippen MR) is 173 cm³/mol. The van der Waals surface area contributed by atoms with E-state index in [1.165, 1.54) is 6.92 Å². The number of carbonyl (C=O) groups is 5. The van der Waals surface area contributed by atoms with E-state index in [1.54, 1.807) is 30.3 Å². The number of guanidine groups is 1. The molecule has 0 saturated carbocycles. The number of amides is 2. The van der Waals surface area contributed by atoms with E-state index in [2.05, 4.69) is 15.6 Å². The number of carbonyl (C=O) groups excluding carboxylic acids is 5. The number of aliphatic hydroxyl groups excluding tert-OH is 5. The maximum absolute atomic E-state index is 13.0. The highest BCUT2D eigenvalue weighted by atomic mass is 16.8. The van der Waals surface area contributed by atoms with Gasteiger partial charge in [-0.3, -0.25) is 14.6 Å². The molecule has 0 bridgehead atoms. The van der Waals surface area contributed by atoms with Gasteiger partial charge in [-0.25, -0.2) is 14.4 Å². The van der Waals surface area contributed by atoms with Crippen LogP contribution in [0, 0.1) is 10.8 Å². The van der Waals surface area contributed by atoms with E-state index in [0.29, 0.717) is 5.69 Å². The summed E-state index contributed by atoms with van der Waals surface area (Å²) in [5.74, 6) is -2.34. The van der Waals surface area contributed by atoms with Crippen LogP contribution in [0.2, 0.25) is 0 Å². The maximum Gasteiger partial charge on any atom is 0.510 e. The average Bonchev–Trinajstić information content (AvgIpc) is 3.40. The first-order valence-corrected chi connectivity index (χ1v) is 15.6. The standard InChI is InChI=1S/C30H45N5O17/c1-29(13-37,23(41)46-11-9-34-26(43)35-17-6-4-3-5-7-17)14-48-27(44)49-15-30(2,24(42)47-10-8-33-25(31)32)16-50-28(45)52-22-20(40)19(39)21(51-22)18(38)12-36/h3-7,18-22,36-40H,8-16H2,1-2H3,(H4,31,32,33)(H2,34,35,43)/t18-,19-,20+,21-,22?,29?,30?/m1/s1. The molecule has 11 N–H and O–H groups in total. The van der Waals surface area contributed by atoms with Crippen molar-refractivity contribution in [3.8, 4) is 0 Å². The van der Waals surface area contributed by atoms with Crippen molar-refractivity contribution < 1.29 is 82.7 Å². The molecule has 52 heavy (non-hydrogen) atoms. The third-order valence-electron chi connectivity index (χ3n) is 7.17. The summed E-state index contributed by atoms with van der Waals surface area (Å²) in [5.41, 5.74) is 7.31.